The van der Waals surface area contributed by atoms with Crippen molar-refractivity contribution >= 4 is 27.2 Å². The Balaban J connectivity index is 1.64. The summed E-state index contributed by atoms with van der Waals surface area (Å²) >= 11 is 1.20. The van der Waals surface area contributed by atoms with E-state index >= 15 is 0 Å². The molecule has 2 aromatic carbocycles. The number of benzene rings is 2. The van der Waals surface area contributed by atoms with E-state index in [1.165, 1.54) is 11.3 Å². The van der Waals surface area contributed by atoms with Gasteiger partial charge < -0.3 is 15.4 Å². The van der Waals surface area contributed by atoms with Gasteiger partial charge in [0.05, 0.1) is 28.6 Å². The summed E-state index contributed by atoms with van der Waals surface area (Å²) in [6.45, 7) is -0.0164. The number of anilines is 1. The maximum Gasteiger partial charge on any atom is 0.305 e. The van der Waals surface area contributed by atoms with Gasteiger partial charge in [-0.15, -0.1) is 0 Å². The number of aliphatic hydroxyl groups is 1. The molecule has 6 heteroatoms. The van der Waals surface area contributed by atoms with Crippen molar-refractivity contribution in [2.75, 3.05) is 11.9 Å². The Morgan fingerprint density at radius 2 is 1.92 bits per heavy atom. The Labute approximate surface area is 154 Å². The number of hydrogen-bond donors (Lipinski definition) is 3. The van der Waals surface area contributed by atoms with Crippen molar-refractivity contribution in [2.24, 2.45) is 0 Å². The molecule has 0 saturated carbocycles. The highest BCUT2D eigenvalue weighted by Gasteiger charge is 2.11. The molecule has 0 saturated heterocycles. The van der Waals surface area contributed by atoms with Crippen molar-refractivity contribution < 1.29 is 5.11 Å². The Morgan fingerprint density at radius 3 is 2.73 bits per heavy atom. The number of pyridine rings is 1. The van der Waals surface area contributed by atoms with E-state index in [0.717, 1.165) is 32.6 Å². The third kappa shape index (κ3) is 3.37. The summed E-state index contributed by atoms with van der Waals surface area (Å²) in [5.41, 5.74) is 4.62. The first-order chi connectivity index (χ1) is 12.7. The molecule has 3 N–H and O–H groups in total. The van der Waals surface area contributed by atoms with Crippen molar-refractivity contribution in [3.63, 3.8) is 0 Å². The maximum atomic E-state index is 11.5. The maximum absolute atomic E-state index is 11.5. The van der Waals surface area contributed by atoms with Crippen LogP contribution in [-0.2, 0) is 0 Å². The molecule has 1 unspecified atom stereocenters. The molecule has 4 rings (SSSR count). The van der Waals surface area contributed by atoms with Crippen molar-refractivity contribution in [3.05, 3.63) is 82.2 Å². The van der Waals surface area contributed by atoms with Crippen LogP contribution in [0.2, 0.25) is 0 Å². The molecule has 2 aromatic heterocycles. The van der Waals surface area contributed by atoms with Gasteiger partial charge in [0.15, 0.2) is 0 Å². The van der Waals surface area contributed by atoms with Gasteiger partial charge in [-0.1, -0.05) is 47.7 Å². The van der Waals surface area contributed by atoms with Gasteiger partial charge >= 0.3 is 4.87 Å². The van der Waals surface area contributed by atoms with Crippen LogP contribution in [0.4, 0.5) is 5.69 Å². The molecule has 0 aliphatic rings. The van der Waals surface area contributed by atoms with Crippen molar-refractivity contribution in [2.45, 2.75) is 6.04 Å². The molecule has 130 valence electrons. The summed E-state index contributed by atoms with van der Waals surface area (Å²) in [4.78, 5) is 18.6. The number of nitrogens with zero attached hydrogens (tertiary/aromatic N) is 1. The standard InChI is InChI=1S/C20H17N3O2S/c24-12-18(13-4-2-1-3-5-13)22-16-8-15(10-21-11-16)14-6-7-17-19(9-14)26-20(25)23-17/h1-11,18,22,24H,12H2,(H,23,25). The van der Waals surface area contributed by atoms with Gasteiger partial charge in [-0.25, -0.2) is 0 Å². The van der Waals surface area contributed by atoms with E-state index in [1.807, 2.05) is 54.6 Å². The zero-order valence-corrected chi connectivity index (χ0v) is 14.7. The van der Waals surface area contributed by atoms with Crippen LogP contribution in [0.15, 0.2) is 71.8 Å². The van der Waals surface area contributed by atoms with Gasteiger partial charge in [0, 0.05) is 18.0 Å². The molecule has 0 amide bonds. The number of thiazole rings is 1. The number of aromatic amines is 1. The fourth-order valence-electron chi connectivity index (χ4n) is 2.92. The second-order valence-corrected chi connectivity index (χ2v) is 6.99. The summed E-state index contributed by atoms with van der Waals surface area (Å²) in [7, 11) is 0. The summed E-state index contributed by atoms with van der Waals surface area (Å²) in [5.74, 6) is 0. The lowest BCUT2D eigenvalue weighted by Crippen LogP contribution is -2.14. The van der Waals surface area contributed by atoms with Crippen LogP contribution in [0.3, 0.4) is 0 Å². The molecule has 0 bridgehead atoms. The smallest absolute Gasteiger partial charge is 0.305 e. The van der Waals surface area contributed by atoms with Crippen molar-refractivity contribution in [3.8, 4) is 11.1 Å². The molecule has 0 spiro atoms. The molecule has 0 aliphatic carbocycles. The van der Waals surface area contributed by atoms with Crippen LogP contribution in [0.25, 0.3) is 21.3 Å². The van der Waals surface area contributed by atoms with Crippen LogP contribution in [0.1, 0.15) is 11.6 Å². The Hall–Kier alpha value is -2.96. The van der Waals surface area contributed by atoms with E-state index in [1.54, 1.807) is 12.4 Å². The predicted molar refractivity (Wildman–Crippen MR) is 106 cm³/mol. The van der Waals surface area contributed by atoms with Gasteiger partial charge in [0.2, 0.25) is 0 Å². The van der Waals surface area contributed by atoms with E-state index < -0.39 is 0 Å². The van der Waals surface area contributed by atoms with Gasteiger partial charge in [0.25, 0.3) is 0 Å². The second-order valence-electron chi connectivity index (χ2n) is 5.98. The molecule has 2 heterocycles. The first-order valence-electron chi connectivity index (χ1n) is 8.23. The number of aliphatic hydroxyl groups excluding tert-OH is 1. The van der Waals surface area contributed by atoms with Crippen molar-refractivity contribution in [1.82, 2.24) is 9.97 Å². The van der Waals surface area contributed by atoms with E-state index in [0.29, 0.717) is 0 Å². The zero-order chi connectivity index (χ0) is 17.9. The van der Waals surface area contributed by atoms with E-state index in [2.05, 4.69) is 15.3 Å². The largest absolute Gasteiger partial charge is 0.394 e. The molecular formula is C20H17N3O2S. The topological polar surface area (TPSA) is 78.0 Å². The van der Waals surface area contributed by atoms with Crippen LogP contribution in [0, 0.1) is 0 Å². The SMILES string of the molecule is O=c1[nH]c2ccc(-c3cncc(NC(CO)c4ccccc4)c3)cc2s1. The third-order valence-electron chi connectivity index (χ3n) is 4.22. The Kier molecular flexibility index (Phi) is 4.51. The van der Waals surface area contributed by atoms with Crippen LogP contribution < -0.4 is 10.2 Å². The first-order valence-corrected chi connectivity index (χ1v) is 9.05. The Morgan fingerprint density at radius 1 is 1.08 bits per heavy atom. The van der Waals surface area contributed by atoms with Gasteiger partial charge in [0.1, 0.15) is 0 Å². The first kappa shape index (κ1) is 16.5. The minimum Gasteiger partial charge on any atom is -0.394 e. The molecule has 26 heavy (non-hydrogen) atoms. The molecule has 0 fully saturated rings. The summed E-state index contributed by atoms with van der Waals surface area (Å²) in [5, 5.41) is 13.1. The normalized spacial score (nSPS) is 12.2. The number of nitrogens with one attached hydrogen (secondary N) is 2. The molecule has 5 nitrogen and oxygen atoms in total. The van der Waals surface area contributed by atoms with Crippen LogP contribution in [0.5, 0.6) is 0 Å². The van der Waals surface area contributed by atoms with Crippen LogP contribution >= 0.6 is 11.3 Å². The summed E-state index contributed by atoms with van der Waals surface area (Å²) in [6.07, 6.45) is 3.53. The Bertz CT molecular complexity index is 1090. The number of rotatable bonds is 5. The minimum absolute atomic E-state index is 0.0164. The van der Waals surface area contributed by atoms with Gasteiger partial charge in [-0.2, -0.15) is 0 Å². The average Bonchev–Trinajstić information content (AvgIpc) is 3.06. The van der Waals surface area contributed by atoms with Gasteiger partial charge in [-0.3, -0.25) is 9.78 Å². The van der Waals surface area contributed by atoms with E-state index in [9.17, 15) is 9.90 Å². The highest BCUT2D eigenvalue weighted by Crippen LogP contribution is 2.27. The second kappa shape index (κ2) is 7.11. The third-order valence-corrected chi connectivity index (χ3v) is 5.06. The summed E-state index contributed by atoms with van der Waals surface area (Å²) < 4.78 is 0.920. The average molecular weight is 363 g/mol. The highest BCUT2D eigenvalue weighted by atomic mass is 32.1. The number of fused-ring (bicyclic) bond motifs is 1. The molecule has 4 aromatic rings. The fraction of sp³-hybridized carbons (Fsp3) is 0.100. The number of hydrogen-bond acceptors (Lipinski definition) is 5. The van der Waals surface area contributed by atoms with E-state index in [4.69, 9.17) is 0 Å². The molecule has 0 radical (unpaired) electrons. The lowest BCUT2D eigenvalue weighted by Gasteiger charge is -2.18. The van der Waals surface area contributed by atoms with Crippen LogP contribution in [-0.4, -0.2) is 21.7 Å². The van der Waals surface area contributed by atoms with Gasteiger partial charge in [-0.05, 0) is 29.3 Å². The summed E-state index contributed by atoms with van der Waals surface area (Å²) in [6, 6.07) is 17.5. The lowest BCUT2D eigenvalue weighted by atomic mass is 10.1. The molecule has 0 aliphatic heterocycles. The quantitative estimate of drug-likeness (QED) is 0.504. The predicted octanol–water partition coefficient (Wildman–Crippen LogP) is 3.80. The number of aromatic nitrogens is 2. The zero-order valence-electron chi connectivity index (χ0n) is 13.8. The molecule has 1 atom stereocenters. The monoisotopic (exact) mass is 363 g/mol. The fourth-order valence-corrected chi connectivity index (χ4v) is 3.70. The van der Waals surface area contributed by atoms with Crippen molar-refractivity contribution in [1.29, 1.82) is 0 Å². The molecular weight excluding hydrogens is 346 g/mol. The van der Waals surface area contributed by atoms with E-state index in [-0.39, 0.29) is 17.5 Å². The highest BCUT2D eigenvalue weighted by molar-refractivity contribution is 7.16. The minimum atomic E-state index is -0.203. The lowest BCUT2D eigenvalue weighted by molar-refractivity contribution is 0.276. The number of H-pyrrole nitrogens is 1.